The van der Waals surface area contributed by atoms with E-state index in [2.05, 4.69) is 49.5 Å². The Morgan fingerprint density at radius 1 is 1.09 bits per heavy atom. The molecular formula is C29H39NO4. The standard InChI is InChI=1S/C29H39NO4/c1-4-5-6-7-8-9-12-21-17-23(31)27(32)26-19(3)16-20-14-15-24-28(34-24)25(20)18(2)11-10-13-22(26)29(33)30-21/h6-11,13-16,20-28,31-32H,4-5,12,17H2,1-3H3,(H,30,33)/b7-6+,9-8+,13-10-,18-11+,19-16+/t20-,21?,22+,23?,24-,25-,26-,27-,28-/m1/s1. The normalized spacial score (nSPS) is 43.9. The Balaban J connectivity index is 1.58. The third kappa shape index (κ3) is 5.54. The van der Waals surface area contributed by atoms with Gasteiger partial charge in [-0.3, -0.25) is 4.79 Å². The SMILES string of the molecule is CCC/C=C/C=C/CC1CC(O)[C@@H](O)[C@@H]2/C(C)=C/[C@H]3C=C[C@H]4O[C@H]4[C@@H]3/C(C)=C/C=C\[C@@H]2C(=O)N1. The van der Waals surface area contributed by atoms with E-state index in [1.165, 1.54) is 5.57 Å². The van der Waals surface area contributed by atoms with Crippen molar-refractivity contribution in [3.05, 3.63) is 71.9 Å². The van der Waals surface area contributed by atoms with E-state index in [4.69, 9.17) is 4.74 Å². The Labute approximate surface area is 203 Å². The number of carbonyl (C=O) groups is 1. The molecule has 2 aliphatic carbocycles. The minimum atomic E-state index is -1.02. The predicted octanol–water partition coefficient (Wildman–Crippen LogP) is 4.16. The molecule has 1 amide bonds. The van der Waals surface area contributed by atoms with Crippen LogP contribution in [0.1, 0.15) is 46.5 Å². The van der Waals surface area contributed by atoms with E-state index in [1.807, 2.05) is 37.3 Å². The first-order valence-corrected chi connectivity index (χ1v) is 12.8. The molecule has 0 saturated carbocycles. The van der Waals surface area contributed by atoms with Crippen molar-refractivity contribution in [3.8, 4) is 0 Å². The van der Waals surface area contributed by atoms with Crippen molar-refractivity contribution in [3.63, 3.8) is 0 Å². The fourth-order valence-corrected chi connectivity index (χ4v) is 5.71. The smallest absolute Gasteiger partial charge is 0.227 e. The lowest BCUT2D eigenvalue weighted by Gasteiger charge is -2.38. The zero-order chi connectivity index (χ0) is 24.2. The average molecular weight is 466 g/mol. The second-order valence-corrected chi connectivity index (χ2v) is 10.2. The molecule has 2 unspecified atom stereocenters. The van der Waals surface area contributed by atoms with Gasteiger partial charge in [0.2, 0.25) is 5.91 Å². The van der Waals surface area contributed by atoms with E-state index >= 15 is 0 Å². The summed E-state index contributed by atoms with van der Waals surface area (Å²) in [5.74, 6) is -0.761. The van der Waals surface area contributed by atoms with Gasteiger partial charge in [0.15, 0.2) is 0 Å². The van der Waals surface area contributed by atoms with Crippen LogP contribution in [0.3, 0.4) is 0 Å². The number of unbranched alkanes of at least 4 members (excludes halogenated alkanes) is 1. The van der Waals surface area contributed by atoms with Crippen LogP contribution in [0.25, 0.3) is 0 Å². The monoisotopic (exact) mass is 465 g/mol. The quantitative estimate of drug-likeness (QED) is 0.323. The van der Waals surface area contributed by atoms with Gasteiger partial charge in [-0.25, -0.2) is 0 Å². The number of aliphatic hydroxyl groups excluding tert-OH is 2. The van der Waals surface area contributed by atoms with Crippen molar-refractivity contribution >= 4 is 5.91 Å². The van der Waals surface area contributed by atoms with E-state index in [1.54, 1.807) is 0 Å². The predicted molar refractivity (Wildman–Crippen MR) is 135 cm³/mol. The molecule has 0 bridgehead atoms. The molecule has 5 heteroatoms. The Hall–Kier alpha value is -2.21. The van der Waals surface area contributed by atoms with Gasteiger partial charge in [-0.15, -0.1) is 0 Å². The molecule has 2 heterocycles. The highest BCUT2D eigenvalue weighted by Crippen LogP contribution is 2.45. The lowest BCUT2D eigenvalue weighted by atomic mass is 9.72. The first-order valence-electron chi connectivity index (χ1n) is 12.8. The second kappa shape index (κ2) is 11.0. The van der Waals surface area contributed by atoms with Gasteiger partial charge in [-0.05, 0) is 33.1 Å². The van der Waals surface area contributed by atoms with E-state index in [9.17, 15) is 15.0 Å². The molecule has 0 radical (unpaired) electrons. The molecule has 5 nitrogen and oxygen atoms in total. The zero-order valence-corrected chi connectivity index (χ0v) is 20.5. The summed E-state index contributed by atoms with van der Waals surface area (Å²) < 4.78 is 5.85. The summed E-state index contributed by atoms with van der Waals surface area (Å²) in [5.41, 5.74) is 2.16. The minimum absolute atomic E-state index is 0.104. The van der Waals surface area contributed by atoms with Gasteiger partial charge < -0.3 is 20.3 Å². The highest BCUT2D eigenvalue weighted by Gasteiger charge is 2.49. The van der Waals surface area contributed by atoms with E-state index in [-0.39, 0.29) is 36.0 Å². The Morgan fingerprint density at radius 2 is 1.88 bits per heavy atom. The molecule has 2 saturated heterocycles. The molecule has 2 aliphatic heterocycles. The molecule has 0 aromatic rings. The highest BCUT2D eigenvalue weighted by molar-refractivity contribution is 5.82. The Kier molecular flexibility index (Phi) is 8.07. The largest absolute Gasteiger partial charge is 0.390 e. The van der Waals surface area contributed by atoms with Crippen molar-refractivity contribution < 1.29 is 19.7 Å². The van der Waals surface area contributed by atoms with Gasteiger partial charge in [0, 0.05) is 23.8 Å². The number of aliphatic hydroxyl groups is 2. The summed E-state index contributed by atoms with van der Waals surface area (Å²) in [6.07, 6.45) is 22.0. The van der Waals surface area contributed by atoms with Crippen LogP contribution in [0.5, 0.6) is 0 Å². The molecule has 184 valence electrons. The van der Waals surface area contributed by atoms with Crippen LogP contribution in [0.4, 0.5) is 0 Å². The fraction of sp³-hybridized carbons (Fsp3) is 0.552. The molecule has 0 aromatic heterocycles. The molecule has 0 spiro atoms. The van der Waals surface area contributed by atoms with Crippen LogP contribution in [0, 0.1) is 23.7 Å². The average Bonchev–Trinajstić information content (AvgIpc) is 3.58. The van der Waals surface area contributed by atoms with E-state index in [0.29, 0.717) is 12.8 Å². The molecule has 0 aromatic carbocycles. The molecule has 4 rings (SSSR count). The van der Waals surface area contributed by atoms with Crippen molar-refractivity contribution in [2.45, 2.75) is 76.9 Å². The Morgan fingerprint density at radius 3 is 2.68 bits per heavy atom. The van der Waals surface area contributed by atoms with Crippen molar-refractivity contribution in [2.24, 2.45) is 23.7 Å². The third-order valence-corrected chi connectivity index (χ3v) is 7.62. The molecule has 34 heavy (non-hydrogen) atoms. The Bertz CT molecular complexity index is 926. The molecule has 4 aliphatic rings. The maximum Gasteiger partial charge on any atom is 0.227 e. The van der Waals surface area contributed by atoms with E-state index < -0.39 is 24.0 Å². The number of amides is 1. The molecular weight excluding hydrogens is 426 g/mol. The zero-order valence-electron chi connectivity index (χ0n) is 20.5. The summed E-state index contributed by atoms with van der Waals surface area (Å²) in [6, 6.07) is -0.228. The van der Waals surface area contributed by atoms with Crippen LogP contribution >= 0.6 is 0 Å². The first-order chi connectivity index (χ1) is 16.4. The van der Waals surface area contributed by atoms with Crippen LogP contribution in [-0.2, 0) is 9.53 Å². The number of hydrogen-bond donors (Lipinski definition) is 3. The molecule has 3 N–H and O–H groups in total. The van der Waals surface area contributed by atoms with Crippen molar-refractivity contribution in [2.75, 3.05) is 0 Å². The lowest BCUT2D eigenvalue weighted by molar-refractivity contribution is -0.130. The second-order valence-electron chi connectivity index (χ2n) is 10.2. The first kappa shape index (κ1) is 24.9. The third-order valence-electron chi connectivity index (χ3n) is 7.62. The number of nitrogens with one attached hydrogen (secondary N) is 1. The number of hydrogen-bond acceptors (Lipinski definition) is 4. The number of allylic oxidation sites excluding steroid dienone is 7. The van der Waals surface area contributed by atoms with Gasteiger partial charge >= 0.3 is 0 Å². The lowest BCUT2D eigenvalue weighted by Crippen LogP contribution is -2.51. The number of epoxide rings is 1. The van der Waals surface area contributed by atoms with Crippen LogP contribution < -0.4 is 5.32 Å². The summed E-state index contributed by atoms with van der Waals surface area (Å²) in [7, 11) is 0. The van der Waals surface area contributed by atoms with Crippen LogP contribution in [0.2, 0.25) is 0 Å². The van der Waals surface area contributed by atoms with Crippen LogP contribution in [-0.4, -0.2) is 46.6 Å². The van der Waals surface area contributed by atoms with Crippen molar-refractivity contribution in [1.29, 1.82) is 0 Å². The van der Waals surface area contributed by atoms with Crippen molar-refractivity contribution in [1.82, 2.24) is 5.32 Å². The number of fused-ring (bicyclic) bond motifs is 4. The highest BCUT2D eigenvalue weighted by atomic mass is 16.6. The summed E-state index contributed by atoms with van der Waals surface area (Å²) in [6.45, 7) is 6.24. The van der Waals surface area contributed by atoms with Gasteiger partial charge in [0.1, 0.15) is 6.10 Å². The van der Waals surface area contributed by atoms with E-state index in [0.717, 1.165) is 18.4 Å². The number of rotatable bonds is 5. The summed E-state index contributed by atoms with van der Waals surface area (Å²) in [5, 5.41) is 25.3. The fourth-order valence-electron chi connectivity index (χ4n) is 5.71. The topological polar surface area (TPSA) is 82.1 Å². The maximum atomic E-state index is 13.4. The van der Waals surface area contributed by atoms with Gasteiger partial charge in [-0.2, -0.15) is 0 Å². The number of carbonyl (C=O) groups excluding carboxylic acids is 1. The van der Waals surface area contributed by atoms with Gasteiger partial charge in [0.25, 0.3) is 0 Å². The summed E-state index contributed by atoms with van der Waals surface area (Å²) in [4.78, 5) is 13.4. The summed E-state index contributed by atoms with van der Waals surface area (Å²) >= 11 is 0. The van der Waals surface area contributed by atoms with Gasteiger partial charge in [0.05, 0.1) is 24.2 Å². The van der Waals surface area contributed by atoms with Crippen LogP contribution in [0.15, 0.2) is 71.9 Å². The van der Waals surface area contributed by atoms with Gasteiger partial charge in [-0.1, -0.05) is 85.3 Å². The maximum absolute atomic E-state index is 13.4. The minimum Gasteiger partial charge on any atom is -0.390 e. The number of ether oxygens (including phenoxy) is 1. The molecule has 2 fully saturated rings. The molecule has 9 atom stereocenters.